The Hall–Kier alpha value is -3.41. The van der Waals surface area contributed by atoms with Crippen LogP contribution in [0.15, 0.2) is 72.9 Å². The first kappa shape index (κ1) is 18.0. The van der Waals surface area contributed by atoms with Gasteiger partial charge in [-0.25, -0.2) is 4.39 Å². The van der Waals surface area contributed by atoms with E-state index in [1.165, 1.54) is 12.1 Å². The Bertz CT molecular complexity index is 1000. The lowest BCUT2D eigenvalue weighted by Crippen LogP contribution is -2.52. The molecule has 2 aromatic carbocycles. The molecule has 0 radical (unpaired) electrons. The van der Waals surface area contributed by atoms with E-state index in [0.29, 0.717) is 18.8 Å². The van der Waals surface area contributed by atoms with Gasteiger partial charge in [0, 0.05) is 25.8 Å². The van der Waals surface area contributed by atoms with Gasteiger partial charge in [0.05, 0.1) is 11.6 Å². The Morgan fingerprint density at radius 2 is 1.79 bits per heavy atom. The third kappa shape index (κ3) is 3.53. The second-order valence-corrected chi connectivity index (χ2v) is 6.81. The highest BCUT2D eigenvalue weighted by Crippen LogP contribution is 2.21. The van der Waals surface area contributed by atoms with Crippen LogP contribution in [0, 0.1) is 5.82 Å². The standard InChI is InChI=1S/C22H20FN3O2/c23-19-10-5-4-9-18(19)21(27)24-13-17-15-25-12-6-11-20(25)22(28)26(17)14-16-7-2-1-3-8-16/h1-12,17H,13-15H2,(H,24,27). The zero-order valence-electron chi connectivity index (χ0n) is 15.2. The Labute approximate surface area is 162 Å². The fraction of sp³-hybridized carbons (Fsp3) is 0.182. The van der Waals surface area contributed by atoms with Gasteiger partial charge in [0.25, 0.3) is 11.8 Å². The van der Waals surface area contributed by atoms with Crippen LogP contribution in [0.3, 0.4) is 0 Å². The molecular weight excluding hydrogens is 357 g/mol. The summed E-state index contributed by atoms with van der Waals surface area (Å²) in [4.78, 5) is 27.2. The lowest BCUT2D eigenvalue weighted by molar-refractivity contribution is 0.0563. The van der Waals surface area contributed by atoms with E-state index in [0.717, 1.165) is 5.56 Å². The minimum atomic E-state index is -0.562. The molecule has 0 saturated carbocycles. The molecule has 1 aliphatic heterocycles. The van der Waals surface area contributed by atoms with Crippen molar-refractivity contribution >= 4 is 11.8 Å². The van der Waals surface area contributed by atoms with E-state index in [1.807, 2.05) is 47.2 Å². The lowest BCUT2D eigenvalue weighted by Gasteiger charge is -2.37. The first-order chi connectivity index (χ1) is 13.6. The first-order valence-electron chi connectivity index (χ1n) is 9.16. The molecule has 6 heteroatoms. The van der Waals surface area contributed by atoms with Crippen molar-refractivity contribution in [3.8, 4) is 0 Å². The zero-order chi connectivity index (χ0) is 19.5. The van der Waals surface area contributed by atoms with E-state index in [-0.39, 0.29) is 24.1 Å². The molecule has 1 aliphatic rings. The van der Waals surface area contributed by atoms with Gasteiger partial charge >= 0.3 is 0 Å². The average Bonchev–Trinajstić information content (AvgIpc) is 3.18. The molecule has 5 nitrogen and oxygen atoms in total. The molecule has 3 aromatic rings. The molecule has 0 spiro atoms. The Kier molecular flexibility index (Phi) is 4.93. The van der Waals surface area contributed by atoms with E-state index < -0.39 is 11.7 Å². The Morgan fingerprint density at radius 1 is 1.04 bits per heavy atom. The Balaban J connectivity index is 1.54. The van der Waals surface area contributed by atoms with Gasteiger partial charge in [-0.15, -0.1) is 0 Å². The highest BCUT2D eigenvalue weighted by molar-refractivity contribution is 5.95. The number of aromatic nitrogens is 1. The summed E-state index contributed by atoms with van der Waals surface area (Å²) in [5.74, 6) is -1.12. The number of carbonyl (C=O) groups excluding carboxylic acids is 2. The van der Waals surface area contributed by atoms with Crippen LogP contribution in [-0.2, 0) is 13.1 Å². The molecule has 0 saturated heterocycles. The van der Waals surface area contributed by atoms with Crippen LogP contribution < -0.4 is 5.32 Å². The molecule has 1 aromatic heterocycles. The average molecular weight is 377 g/mol. The fourth-order valence-corrected chi connectivity index (χ4v) is 3.51. The van der Waals surface area contributed by atoms with Crippen molar-refractivity contribution in [3.05, 3.63) is 95.6 Å². The highest BCUT2D eigenvalue weighted by atomic mass is 19.1. The molecular formula is C22H20FN3O2. The predicted octanol–water partition coefficient (Wildman–Crippen LogP) is 3.08. The van der Waals surface area contributed by atoms with E-state index >= 15 is 0 Å². The van der Waals surface area contributed by atoms with Gasteiger partial charge < -0.3 is 14.8 Å². The van der Waals surface area contributed by atoms with Crippen molar-refractivity contribution in [1.82, 2.24) is 14.8 Å². The van der Waals surface area contributed by atoms with Gasteiger partial charge in [-0.2, -0.15) is 0 Å². The maximum Gasteiger partial charge on any atom is 0.271 e. The van der Waals surface area contributed by atoms with Crippen LogP contribution in [0.4, 0.5) is 4.39 Å². The zero-order valence-corrected chi connectivity index (χ0v) is 15.2. The summed E-state index contributed by atoms with van der Waals surface area (Å²) in [6, 6.07) is 19.0. The van der Waals surface area contributed by atoms with Crippen molar-refractivity contribution < 1.29 is 14.0 Å². The molecule has 1 N–H and O–H groups in total. The number of nitrogens with one attached hydrogen (secondary N) is 1. The number of benzene rings is 2. The maximum atomic E-state index is 13.9. The van der Waals surface area contributed by atoms with E-state index in [9.17, 15) is 14.0 Å². The number of rotatable bonds is 5. The van der Waals surface area contributed by atoms with Gasteiger partial charge in [0.1, 0.15) is 11.5 Å². The summed E-state index contributed by atoms with van der Waals surface area (Å²) < 4.78 is 15.8. The van der Waals surface area contributed by atoms with Gasteiger partial charge in [-0.3, -0.25) is 9.59 Å². The van der Waals surface area contributed by atoms with Crippen LogP contribution >= 0.6 is 0 Å². The normalized spacial score (nSPS) is 16.0. The van der Waals surface area contributed by atoms with Crippen LogP contribution in [-0.4, -0.2) is 33.9 Å². The molecule has 1 atom stereocenters. The fourth-order valence-electron chi connectivity index (χ4n) is 3.51. The highest BCUT2D eigenvalue weighted by Gasteiger charge is 2.32. The molecule has 2 amide bonds. The lowest BCUT2D eigenvalue weighted by atomic mass is 10.1. The largest absolute Gasteiger partial charge is 0.350 e. The maximum absolute atomic E-state index is 13.9. The number of amides is 2. The molecule has 142 valence electrons. The topological polar surface area (TPSA) is 54.3 Å². The number of fused-ring (bicyclic) bond motifs is 1. The van der Waals surface area contributed by atoms with E-state index in [1.54, 1.807) is 23.1 Å². The van der Waals surface area contributed by atoms with Gasteiger partial charge in [-0.05, 0) is 29.8 Å². The molecule has 0 aliphatic carbocycles. The molecule has 0 fully saturated rings. The summed E-state index contributed by atoms with van der Waals surface area (Å²) in [6.07, 6.45) is 1.86. The quantitative estimate of drug-likeness (QED) is 0.743. The van der Waals surface area contributed by atoms with Crippen molar-refractivity contribution in [2.24, 2.45) is 0 Å². The van der Waals surface area contributed by atoms with Crippen LogP contribution in [0.1, 0.15) is 26.4 Å². The van der Waals surface area contributed by atoms with Crippen molar-refractivity contribution in [2.45, 2.75) is 19.1 Å². The first-order valence-corrected chi connectivity index (χ1v) is 9.16. The van der Waals surface area contributed by atoms with Crippen LogP contribution in [0.5, 0.6) is 0 Å². The monoisotopic (exact) mass is 377 g/mol. The molecule has 2 heterocycles. The number of hydrogen-bond acceptors (Lipinski definition) is 2. The smallest absolute Gasteiger partial charge is 0.271 e. The Morgan fingerprint density at radius 3 is 2.57 bits per heavy atom. The molecule has 28 heavy (non-hydrogen) atoms. The number of nitrogens with zero attached hydrogens (tertiary/aromatic N) is 2. The van der Waals surface area contributed by atoms with Crippen LogP contribution in [0.2, 0.25) is 0 Å². The number of hydrogen-bond donors (Lipinski definition) is 1. The second-order valence-electron chi connectivity index (χ2n) is 6.81. The van der Waals surface area contributed by atoms with Gasteiger partial charge in [0.15, 0.2) is 0 Å². The summed E-state index contributed by atoms with van der Waals surface area (Å²) in [7, 11) is 0. The minimum Gasteiger partial charge on any atom is -0.350 e. The summed E-state index contributed by atoms with van der Waals surface area (Å²) in [6.45, 7) is 1.26. The number of carbonyl (C=O) groups is 2. The van der Waals surface area contributed by atoms with Crippen LogP contribution in [0.25, 0.3) is 0 Å². The SMILES string of the molecule is O=C(NCC1Cn2cccc2C(=O)N1Cc1ccccc1)c1ccccc1F. The van der Waals surface area contributed by atoms with E-state index in [2.05, 4.69) is 5.32 Å². The van der Waals surface area contributed by atoms with E-state index in [4.69, 9.17) is 0 Å². The van der Waals surface area contributed by atoms with Crippen molar-refractivity contribution in [3.63, 3.8) is 0 Å². The van der Waals surface area contributed by atoms with Gasteiger partial charge in [0.2, 0.25) is 0 Å². The third-order valence-electron chi connectivity index (χ3n) is 4.97. The molecule has 4 rings (SSSR count). The summed E-state index contributed by atoms with van der Waals surface area (Å²) in [5, 5.41) is 2.78. The summed E-state index contributed by atoms with van der Waals surface area (Å²) in [5.41, 5.74) is 1.65. The molecule has 1 unspecified atom stereocenters. The second kappa shape index (κ2) is 7.68. The predicted molar refractivity (Wildman–Crippen MR) is 103 cm³/mol. The minimum absolute atomic E-state index is 0.000832. The number of halogens is 1. The third-order valence-corrected chi connectivity index (χ3v) is 4.97. The van der Waals surface area contributed by atoms with Gasteiger partial charge in [-0.1, -0.05) is 42.5 Å². The molecule has 0 bridgehead atoms. The van der Waals surface area contributed by atoms with Crippen molar-refractivity contribution in [1.29, 1.82) is 0 Å². The summed E-state index contributed by atoms with van der Waals surface area (Å²) >= 11 is 0. The van der Waals surface area contributed by atoms with Crippen molar-refractivity contribution in [2.75, 3.05) is 6.54 Å².